The molecule has 1 heterocycles. The van der Waals surface area contributed by atoms with Gasteiger partial charge in [0.1, 0.15) is 0 Å². The number of ether oxygens (including phenoxy) is 1. The normalized spacial score (nSPS) is 9.70. The predicted molar refractivity (Wildman–Crippen MR) is 30.7 cm³/mol. The minimum atomic E-state index is -0.464. The average Bonchev–Trinajstić information content (AvgIpc) is 2.09. The standard InChI is InChI=1S/C4H7N3O3/c1-9-3-2(5)10-4(6)7(3)8/h6,8H,5H2,1H3. The van der Waals surface area contributed by atoms with E-state index in [0.717, 1.165) is 0 Å². The topological polar surface area (TPSA) is 97.4 Å². The molecule has 0 amide bonds. The summed E-state index contributed by atoms with van der Waals surface area (Å²) in [6.07, 6.45) is 0. The number of oxazole rings is 1. The highest BCUT2D eigenvalue weighted by molar-refractivity contribution is 5.35. The molecule has 4 N–H and O–H groups in total. The quantitative estimate of drug-likeness (QED) is 0.459. The summed E-state index contributed by atoms with van der Waals surface area (Å²) in [6.45, 7) is 0. The Balaban J connectivity index is 3.34. The summed E-state index contributed by atoms with van der Waals surface area (Å²) in [6, 6.07) is 0. The first kappa shape index (κ1) is 6.53. The fourth-order valence-corrected chi connectivity index (χ4v) is 0.575. The van der Waals surface area contributed by atoms with E-state index < -0.39 is 5.68 Å². The van der Waals surface area contributed by atoms with Crippen LogP contribution in [0.4, 0.5) is 5.88 Å². The van der Waals surface area contributed by atoms with Gasteiger partial charge >= 0.3 is 5.68 Å². The average molecular weight is 145 g/mol. The van der Waals surface area contributed by atoms with E-state index in [1.807, 2.05) is 0 Å². The number of nitrogen functional groups attached to an aromatic ring is 1. The van der Waals surface area contributed by atoms with Crippen molar-refractivity contribution in [1.29, 1.82) is 5.41 Å². The number of rotatable bonds is 1. The monoisotopic (exact) mass is 145 g/mol. The minimum Gasteiger partial charge on any atom is -0.476 e. The number of methoxy groups -OCH3 is 1. The van der Waals surface area contributed by atoms with E-state index >= 15 is 0 Å². The van der Waals surface area contributed by atoms with Crippen molar-refractivity contribution >= 4 is 5.88 Å². The lowest BCUT2D eigenvalue weighted by molar-refractivity contribution is 0.130. The van der Waals surface area contributed by atoms with Crippen molar-refractivity contribution in [3.05, 3.63) is 5.68 Å². The van der Waals surface area contributed by atoms with Crippen LogP contribution in [0.25, 0.3) is 0 Å². The van der Waals surface area contributed by atoms with Gasteiger partial charge in [-0.2, -0.15) is 0 Å². The van der Waals surface area contributed by atoms with Gasteiger partial charge in [-0.3, -0.25) is 0 Å². The summed E-state index contributed by atoms with van der Waals surface area (Å²) in [5, 5.41) is 15.7. The molecule has 1 aromatic rings. The summed E-state index contributed by atoms with van der Waals surface area (Å²) in [5.41, 5.74) is 4.70. The van der Waals surface area contributed by atoms with Gasteiger partial charge in [0.2, 0.25) is 0 Å². The second-order valence-corrected chi connectivity index (χ2v) is 1.59. The predicted octanol–water partition coefficient (Wildman–Crippen LogP) is -0.611. The van der Waals surface area contributed by atoms with E-state index in [2.05, 4.69) is 9.15 Å². The highest BCUT2D eigenvalue weighted by Crippen LogP contribution is 2.15. The number of nitrogens with two attached hydrogens (primary N) is 1. The number of hydrogen-bond acceptors (Lipinski definition) is 5. The molecule has 0 bridgehead atoms. The maximum absolute atomic E-state index is 8.85. The van der Waals surface area contributed by atoms with Crippen LogP contribution in [0.2, 0.25) is 0 Å². The molecule has 0 aliphatic rings. The Morgan fingerprint density at radius 1 is 1.80 bits per heavy atom. The van der Waals surface area contributed by atoms with Crippen LogP contribution >= 0.6 is 0 Å². The van der Waals surface area contributed by atoms with Crippen molar-refractivity contribution < 1.29 is 14.4 Å². The molecule has 10 heavy (non-hydrogen) atoms. The molecular formula is C4H7N3O3. The van der Waals surface area contributed by atoms with E-state index in [-0.39, 0.29) is 11.8 Å². The Morgan fingerprint density at radius 2 is 2.40 bits per heavy atom. The van der Waals surface area contributed by atoms with Gasteiger partial charge < -0.3 is 20.1 Å². The molecule has 0 aromatic carbocycles. The highest BCUT2D eigenvalue weighted by Gasteiger charge is 2.10. The van der Waals surface area contributed by atoms with Gasteiger partial charge in [-0.05, 0) is 0 Å². The Hall–Kier alpha value is -1.59. The smallest absolute Gasteiger partial charge is 0.333 e. The van der Waals surface area contributed by atoms with Crippen molar-refractivity contribution in [3.8, 4) is 5.88 Å². The van der Waals surface area contributed by atoms with E-state index in [1.54, 1.807) is 0 Å². The molecule has 0 fully saturated rings. The molecule has 1 rings (SSSR count). The minimum absolute atomic E-state index is 0.0648. The molecule has 0 atom stereocenters. The largest absolute Gasteiger partial charge is 0.476 e. The van der Waals surface area contributed by atoms with Gasteiger partial charge in [0.05, 0.1) is 7.11 Å². The molecule has 0 radical (unpaired) electrons. The van der Waals surface area contributed by atoms with Gasteiger partial charge in [0.25, 0.3) is 11.8 Å². The van der Waals surface area contributed by atoms with Gasteiger partial charge in [-0.25, -0.2) is 5.41 Å². The molecule has 0 aliphatic carbocycles. The molecule has 56 valence electrons. The van der Waals surface area contributed by atoms with Crippen LogP contribution in [0.1, 0.15) is 0 Å². The van der Waals surface area contributed by atoms with Gasteiger partial charge in [0.15, 0.2) is 0 Å². The number of anilines is 1. The molecule has 6 nitrogen and oxygen atoms in total. The van der Waals surface area contributed by atoms with Gasteiger partial charge in [0, 0.05) is 0 Å². The fourth-order valence-electron chi connectivity index (χ4n) is 0.575. The van der Waals surface area contributed by atoms with Gasteiger partial charge in [-0.1, -0.05) is 4.73 Å². The molecule has 0 spiro atoms. The molecular weight excluding hydrogens is 138 g/mol. The third kappa shape index (κ3) is 0.697. The van der Waals surface area contributed by atoms with Crippen LogP contribution in [0.3, 0.4) is 0 Å². The number of nitrogens with one attached hydrogen (secondary N) is 1. The number of hydrogen-bond donors (Lipinski definition) is 3. The summed E-state index contributed by atoms with van der Waals surface area (Å²) >= 11 is 0. The maximum Gasteiger partial charge on any atom is 0.333 e. The Kier molecular flexibility index (Phi) is 1.29. The molecule has 0 unspecified atom stereocenters. The summed E-state index contributed by atoms with van der Waals surface area (Å²) < 4.78 is 9.45. The molecule has 0 aliphatic heterocycles. The molecule has 0 saturated carbocycles. The summed E-state index contributed by atoms with van der Waals surface area (Å²) in [5.74, 6) is -0.181. The zero-order valence-electron chi connectivity index (χ0n) is 5.29. The first-order chi connectivity index (χ1) is 4.66. The van der Waals surface area contributed by atoms with E-state index in [1.165, 1.54) is 7.11 Å². The molecule has 6 heteroatoms. The van der Waals surface area contributed by atoms with Crippen molar-refractivity contribution in [2.75, 3.05) is 12.8 Å². The molecule has 1 aromatic heterocycles. The fraction of sp³-hybridized carbons (Fsp3) is 0.250. The van der Waals surface area contributed by atoms with Crippen molar-refractivity contribution in [3.63, 3.8) is 0 Å². The lowest BCUT2D eigenvalue weighted by Gasteiger charge is -1.95. The van der Waals surface area contributed by atoms with Crippen molar-refractivity contribution in [2.45, 2.75) is 0 Å². The highest BCUT2D eigenvalue weighted by atomic mass is 16.6. The second-order valence-electron chi connectivity index (χ2n) is 1.59. The van der Waals surface area contributed by atoms with Crippen LogP contribution < -0.4 is 16.2 Å². The Bertz CT molecular complexity index is 286. The maximum atomic E-state index is 8.85. The van der Waals surface area contributed by atoms with Crippen LogP contribution in [0.5, 0.6) is 5.88 Å². The van der Waals surface area contributed by atoms with Crippen LogP contribution in [0.15, 0.2) is 4.42 Å². The zero-order valence-corrected chi connectivity index (χ0v) is 5.29. The molecule has 0 saturated heterocycles. The first-order valence-corrected chi connectivity index (χ1v) is 2.46. The van der Waals surface area contributed by atoms with Gasteiger partial charge in [-0.15, -0.1) is 0 Å². The lowest BCUT2D eigenvalue weighted by Crippen LogP contribution is -2.11. The summed E-state index contributed by atoms with van der Waals surface area (Å²) in [4.78, 5) is 0. The Labute approximate surface area is 55.9 Å². The summed E-state index contributed by atoms with van der Waals surface area (Å²) in [7, 11) is 1.31. The first-order valence-electron chi connectivity index (χ1n) is 2.46. The third-order valence-corrected chi connectivity index (χ3v) is 0.996. The van der Waals surface area contributed by atoms with E-state index in [9.17, 15) is 0 Å². The van der Waals surface area contributed by atoms with Crippen molar-refractivity contribution in [1.82, 2.24) is 4.73 Å². The third-order valence-electron chi connectivity index (χ3n) is 0.996. The zero-order chi connectivity index (χ0) is 7.72. The van der Waals surface area contributed by atoms with Crippen LogP contribution in [-0.4, -0.2) is 17.0 Å². The van der Waals surface area contributed by atoms with Crippen molar-refractivity contribution in [2.24, 2.45) is 0 Å². The number of nitrogens with zero attached hydrogens (tertiary/aromatic N) is 1. The second kappa shape index (κ2) is 1.98. The van der Waals surface area contributed by atoms with E-state index in [4.69, 9.17) is 16.4 Å². The lowest BCUT2D eigenvalue weighted by atomic mass is 10.8. The van der Waals surface area contributed by atoms with E-state index in [0.29, 0.717) is 4.73 Å². The number of aromatic nitrogens is 1. The van der Waals surface area contributed by atoms with Crippen LogP contribution in [0, 0.1) is 5.41 Å². The Morgan fingerprint density at radius 3 is 2.60 bits per heavy atom. The van der Waals surface area contributed by atoms with Crippen LogP contribution in [-0.2, 0) is 0 Å². The SMILES string of the molecule is COc1c(N)oc(=N)n1O.